The topological polar surface area (TPSA) is 93.5 Å². The van der Waals surface area contributed by atoms with Crippen LogP contribution in [0.4, 0.5) is 5.69 Å². The second kappa shape index (κ2) is 5.56. The molecule has 1 aromatic carbocycles. The van der Waals surface area contributed by atoms with Gasteiger partial charge in [-0.15, -0.1) is 0 Å². The van der Waals surface area contributed by atoms with Crippen LogP contribution in [-0.4, -0.2) is 39.6 Å². The second-order valence-corrected chi connectivity index (χ2v) is 4.61. The van der Waals surface area contributed by atoms with Crippen LogP contribution in [-0.2, 0) is 11.3 Å². The van der Waals surface area contributed by atoms with Gasteiger partial charge in [-0.3, -0.25) is 0 Å². The Labute approximate surface area is 111 Å². The van der Waals surface area contributed by atoms with E-state index in [9.17, 15) is 10.2 Å². The summed E-state index contributed by atoms with van der Waals surface area (Å²) in [5, 5.41) is 19.7. The molecule has 2 unspecified atom stereocenters. The SMILES string of the molecule is COCC(O)Cn1c(C(C)O)nc2cc(N)ccc21. The van der Waals surface area contributed by atoms with Crippen LogP contribution in [0, 0.1) is 0 Å². The van der Waals surface area contributed by atoms with Gasteiger partial charge in [0.15, 0.2) is 0 Å². The fraction of sp³-hybridized carbons (Fsp3) is 0.462. The number of benzene rings is 1. The average molecular weight is 265 g/mol. The molecule has 1 aromatic heterocycles. The molecule has 0 amide bonds. The Bertz CT molecular complexity index is 566. The maximum absolute atomic E-state index is 9.86. The summed E-state index contributed by atoms with van der Waals surface area (Å²) >= 11 is 0. The number of rotatable bonds is 5. The fourth-order valence-corrected chi connectivity index (χ4v) is 2.13. The normalized spacial score (nSPS) is 14.7. The summed E-state index contributed by atoms with van der Waals surface area (Å²) in [6, 6.07) is 5.36. The predicted molar refractivity (Wildman–Crippen MR) is 72.7 cm³/mol. The van der Waals surface area contributed by atoms with Gasteiger partial charge in [0.25, 0.3) is 0 Å². The fourth-order valence-electron chi connectivity index (χ4n) is 2.13. The number of methoxy groups -OCH3 is 1. The predicted octanol–water partition coefficient (Wildman–Crippen LogP) is 0.679. The number of anilines is 1. The van der Waals surface area contributed by atoms with Crippen molar-refractivity contribution in [3.8, 4) is 0 Å². The van der Waals surface area contributed by atoms with E-state index in [4.69, 9.17) is 10.5 Å². The molecule has 4 N–H and O–H groups in total. The van der Waals surface area contributed by atoms with Crippen molar-refractivity contribution in [2.45, 2.75) is 25.7 Å². The van der Waals surface area contributed by atoms with Gasteiger partial charge in [0.2, 0.25) is 0 Å². The molecule has 0 aliphatic heterocycles. The number of aliphatic hydroxyl groups is 2. The molecule has 0 aliphatic carbocycles. The van der Waals surface area contributed by atoms with E-state index in [1.165, 1.54) is 7.11 Å². The minimum atomic E-state index is -0.719. The number of nitrogens with zero attached hydrogens (tertiary/aromatic N) is 2. The van der Waals surface area contributed by atoms with E-state index in [1.54, 1.807) is 23.6 Å². The van der Waals surface area contributed by atoms with Crippen molar-refractivity contribution in [2.75, 3.05) is 19.5 Å². The molecule has 6 heteroatoms. The first kappa shape index (κ1) is 13.8. The van der Waals surface area contributed by atoms with Gasteiger partial charge in [-0.2, -0.15) is 0 Å². The van der Waals surface area contributed by atoms with Crippen molar-refractivity contribution < 1.29 is 14.9 Å². The van der Waals surface area contributed by atoms with E-state index >= 15 is 0 Å². The molecule has 2 atom stereocenters. The van der Waals surface area contributed by atoms with E-state index in [1.807, 2.05) is 6.07 Å². The smallest absolute Gasteiger partial charge is 0.138 e. The lowest BCUT2D eigenvalue weighted by molar-refractivity contribution is 0.0523. The Kier molecular flexibility index (Phi) is 4.04. The molecule has 0 saturated heterocycles. The van der Waals surface area contributed by atoms with Crippen LogP contribution in [0.5, 0.6) is 0 Å². The number of hydrogen-bond donors (Lipinski definition) is 3. The van der Waals surface area contributed by atoms with Gasteiger partial charge in [0, 0.05) is 12.8 Å². The molecular weight excluding hydrogens is 246 g/mol. The summed E-state index contributed by atoms with van der Waals surface area (Å²) in [6.45, 7) is 2.19. The van der Waals surface area contributed by atoms with Crippen LogP contribution in [0.15, 0.2) is 18.2 Å². The number of nitrogens with two attached hydrogens (primary N) is 1. The number of aromatic nitrogens is 2. The van der Waals surface area contributed by atoms with Crippen LogP contribution >= 0.6 is 0 Å². The van der Waals surface area contributed by atoms with Crippen molar-refractivity contribution in [3.05, 3.63) is 24.0 Å². The van der Waals surface area contributed by atoms with Gasteiger partial charge in [-0.1, -0.05) is 0 Å². The molecule has 6 nitrogen and oxygen atoms in total. The average Bonchev–Trinajstić information content (AvgIpc) is 2.67. The Morgan fingerprint density at radius 2 is 2.16 bits per heavy atom. The van der Waals surface area contributed by atoms with Crippen LogP contribution in [0.1, 0.15) is 18.9 Å². The second-order valence-electron chi connectivity index (χ2n) is 4.61. The van der Waals surface area contributed by atoms with Crippen molar-refractivity contribution in [1.82, 2.24) is 9.55 Å². The van der Waals surface area contributed by atoms with E-state index in [0.717, 1.165) is 5.52 Å². The van der Waals surface area contributed by atoms with Gasteiger partial charge < -0.3 is 25.3 Å². The van der Waals surface area contributed by atoms with Gasteiger partial charge >= 0.3 is 0 Å². The Balaban J connectivity index is 2.46. The standard InChI is InChI=1S/C13H19N3O3/c1-8(17)13-15-11-5-9(14)3-4-12(11)16(13)6-10(18)7-19-2/h3-5,8,10,17-18H,6-7,14H2,1-2H3. The molecule has 0 fully saturated rings. The lowest BCUT2D eigenvalue weighted by Crippen LogP contribution is -2.22. The minimum absolute atomic E-state index is 0.230. The third kappa shape index (κ3) is 2.86. The van der Waals surface area contributed by atoms with Crippen molar-refractivity contribution in [1.29, 1.82) is 0 Å². The van der Waals surface area contributed by atoms with E-state index in [0.29, 0.717) is 23.6 Å². The highest BCUT2D eigenvalue weighted by atomic mass is 16.5. The van der Waals surface area contributed by atoms with Crippen LogP contribution in [0.25, 0.3) is 11.0 Å². The van der Waals surface area contributed by atoms with E-state index in [2.05, 4.69) is 4.98 Å². The highest BCUT2D eigenvalue weighted by Crippen LogP contribution is 2.23. The van der Waals surface area contributed by atoms with Gasteiger partial charge in [-0.05, 0) is 25.1 Å². The first-order valence-corrected chi connectivity index (χ1v) is 6.13. The molecule has 0 aliphatic rings. The lowest BCUT2D eigenvalue weighted by atomic mass is 10.2. The largest absolute Gasteiger partial charge is 0.399 e. The summed E-state index contributed by atoms with van der Waals surface area (Å²) in [5.41, 5.74) is 7.89. The lowest BCUT2D eigenvalue weighted by Gasteiger charge is -2.15. The number of aliphatic hydroxyl groups excluding tert-OH is 2. The van der Waals surface area contributed by atoms with Gasteiger partial charge in [0.1, 0.15) is 11.9 Å². The molecule has 19 heavy (non-hydrogen) atoms. The van der Waals surface area contributed by atoms with E-state index in [-0.39, 0.29) is 6.61 Å². The van der Waals surface area contributed by atoms with Gasteiger partial charge in [0.05, 0.1) is 30.3 Å². The molecule has 0 spiro atoms. The summed E-state index contributed by atoms with van der Waals surface area (Å²) in [7, 11) is 1.53. The van der Waals surface area contributed by atoms with Gasteiger partial charge in [-0.25, -0.2) is 4.98 Å². The van der Waals surface area contributed by atoms with Crippen molar-refractivity contribution >= 4 is 16.7 Å². The third-order valence-electron chi connectivity index (χ3n) is 2.93. The minimum Gasteiger partial charge on any atom is -0.399 e. The highest BCUT2D eigenvalue weighted by Gasteiger charge is 2.17. The number of imidazole rings is 1. The summed E-state index contributed by atoms with van der Waals surface area (Å²) in [6.07, 6.45) is -1.37. The molecule has 0 saturated carbocycles. The molecule has 104 valence electrons. The van der Waals surface area contributed by atoms with E-state index < -0.39 is 12.2 Å². The molecule has 0 bridgehead atoms. The Morgan fingerprint density at radius 3 is 2.79 bits per heavy atom. The Morgan fingerprint density at radius 1 is 1.42 bits per heavy atom. The zero-order valence-corrected chi connectivity index (χ0v) is 11.1. The number of fused-ring (bicyclic) bond motifs is 1. The maximum Gasteiger partial charge on any atom is 0.138 e. The molecule has 2 aromatic rings. The maximum atomic E-state index is 9.86. The first-order valence-electron chi connectivity index (χ1n) is 6.13. The highest BCUT2D eigenvalue weighted by molar-refractivity contribution is 5.79. The summed E-state index contributed by atoms with van der Waals surface area (Å²) in [5.74, 6) is 0.510. The monoisotopic (exact) mass is 265 g/mol. The molecule has 2 rings (SSSR count). The number of nitrogen functional groups attached to an aromatic ring is 1. The van der Waals surface area contributed by atoms with Crippen LogP contribution < -0.4 is 5.73 Å². The van der Waals surface area contributed by atoms with Crippen LogP contribution in [0.2, 0.25) is 0 Å². The summed E-state index contributed by atoms with van der Waals surface area (Å²) in [4.78, 5) is 4.37. The first-order chi connectivity index (χ1) is 9.02. The molecular formula is C13H19N3O3. The van der Waals surface area contributed by atoms with Crippen LogP contribution in [0.3, 0.4) is 0 Å². The quantitative estimate of drug-likeness (QED) is 0.691. The summed E-state index contributed by atoms with van der Waals surface area (Å²) < 4.78 is 6.71. The number of hydrogen-bond acceptors (Lipinski definition) is 5. The third-order valence-corrected chi connectivity index (χ3v) is 2.93. The zero-order valence-electron chi connectivity index (χ0n) is 11.1. The van der Waals surface area contributed by atoms with Crippen molar-refractivity contribution in [3.63, 3.8) is 0 Å². The molecule has 0 radical (unpaired) electrons. The van der Waals surface area contributed by atoms with Crippen molar-refractivity contribution in [2.24, 2.45) is 0 Å². The molecule has 1 heterocycles. The number of ether oxygens (including phenoxy) is 1. The Hall–Kier alpha value is -1.63. The zero-order chi connectivity index (χ0) is 14.0.